The van der Waals surface area contributed by atoms with E-state index in [1.165, 1.54) is 5.56 Å². The van der Waals surface area contributed by atoms with Gasteiger partial charge >= 0.3 is 0 Å². The number of benzene rings is 1. The fraction of sp³-hybridized carbons (Fsp3) is 0.154. The molecule has 0 saturated heterocycles. The standard InChI is InChI=1S/C13H12O2/c1-9-3-5-12(10(2)7-9)13-6-4-11(8-14)15-13/h3-8H,1-2H3. The lowest BCUT2D eigenvalue weighted by Crippen LogP contribution is -1.82. The topological polar surface area (TPSA) is 30.2 Å². The number of aryl methyl sites for hydroxylation is 2. The predicted octanol–water partition coefficient (Wildman–Crippen LogP) is 3.38. The fourth-order valence-electron chi connectivity index (χ4n) is 1.65. The Morgan fingerprint density at radius 2 is 1.93 bits per heavy atom. The van der Waals surface area contributed by atoms with Gasteiger partial charge in [-0.15, -0.1) is 0 Å². The molecule has 76 valence electrons. The summed E-state index contributed by atoms with van der Waals surface area (Å²) in [5, 5.41) is 0. The number of hydrogen-bond acceptors (Lipinski definition) is 2. The monoisotopic (exact) mass is 200 g/mol. The van der Waals surface area contributed by atoms with Gasteiger partial charge in [0.05, 0.1) is 0 Å². The van der Waals surface area contributed by atoms with Gasteiger partial charge in [-0.05, 0) is 31.5 Å². The van der Waals surface area contributed by atoms with Crippen LogP contribution in [0.25, 0.3) is 11.3 Å². The summed E-state index contributed by atoms with van der Waals surface area (Å²) < 4.78 is 5.37. The number of aldehydes is 1. The van der Waals surface area contributed by atoms with Gasteiger partial charge in [0, 0.05) is 5.56 Å². The molecule has 2 heteroatoms. The summed E-state index contributed by atoms with van der Waals surface area (Å²) >= 11 is 0. The summed E-state index contributed by atoms with van der Waals surface area (Å²) in [6.07, 6.45) is 0.715. The summed E-state index contributed by atoms with van der Waals surface area (Å²) in [6, 6.07) is 9.64. The summed E-state index contributed by atoms with van der Waals surface area (Å²) in [5.74, 6) is 1.11. The molecule has 2 nitrogen and oxygen atoms in total. The fourth-order valence-corrected chi connectivity index (χ4v) is 1.65. The highest BCUT2D eigenvalue weighted by Gasteiger charge is 2.06. The van der Waals surface area contributed by atoms with E-state index in [0.717, 1.165) is 16.9 Å². The molecule has 0 N–H and O–H groups in total. The zero-order valence-corrected chi connectivity index (χ0v) is 8.78. The first-order valence-corrected chi connectivity index (χ1v) is 4.83. The van der Waals surface area contributed by atoms with E-state index in [-0.39, 0.29) is 0 Å². The molecular formula is C13H12O2. The van der Waals surface area contributed by atoms with Crippen LogP contribution in [-0.4, -0.2) is 6.29 Å². The Hall–Kier alpha value is -1.83. The Labute approximate surface area is 88.5 Å². The molecule has 2 aromatic rings. The summed E-state index contributed by atoms with van der Waals surface area (Å²) in [5.41, 5.74) is 3.41. The molecule has 0 saturated carbocycles. The quantitative estimate of drug-likeness (QED) is 0.695. The molecule has 0 atom stereocenters. The predicted molar refractivity (Wildman–Crippen MR) is 59.0 cm³/mol. The van der Waals surface area contributed by atoms with Crippen molar-refractivity contribution in [2.45, 2.75) is 13.8 Å². The van der Waals surface area contributed by atoms with Gasteiger partial charge in [0.1, 0.15) is 5.76 Å². The summed E-state index contributed by atoms with van der Waals surface area (Å²) in [7, 11) is 0. The van der Waals surface area contributed by atoms with Crippen LogP contribution in [0.4, 0.5) is 0 Å². The second kappa shape index (κ2) is 3.73. The minimum absolute atomic E-state index is 0.366. The van der Waals surface area contributed by atoms with E-state index >= 15 is 0 Å². The van der Waals surface area contributed by atoms with Crippen molar-refractivity contribution in [2.75, 3.05) is 0 Å². The third-order valence-electron chi connectivity index (χ3n) is 2.39. The van der Waals surface area contributed by atoms with Crippen molar-refractivity contribution in [3.05, 3.63) is 47.2 Å². The van der Waals surface area contributed by atoms with E-state index < -0.39 is 0 Å². The molecule has 0 bridgehead atoms. The molecular weight excluding hydrogens is 188 g/mol. The second-order valence-corrected chi connectivity index (χ2v) is 3.64. The lowest BCUT2D eigenvalue weighted by molar-refractivity contribution is 0.110. The Morgan fingerprint density at radius 1 is 1.13 bits per heavy atom. The summed E-state index contributed by atoms with van der Waals surface area (Å²) in [6.45, 7) is 4.08. The zero-order valence-electron chi connectivity index (χ0n) is 8.78. The minimum atomic E-state index is 0.366. The number of carbonyl (C=O) groups is 1. The summed E-state index contributed by atoms with van der Waals surface area (Å²) in [4.78, 5) is 10.5. The van der Waals surface area contributed by atoms with E-state index in [2.05, 4.69) is 13.0 Å². The molecule has 2 rings (SSSR count). The maximum absolute atomic E-state index is 10.5. The van der Waals surface area contributed by atoms with E-state index in [1.807, 2.05) is 25.1 Å². The van der Waals surface area contributed by atoms with Crippen molar-refractivity contribution in [1.29, 1.82) is 0 Å². The number of carbonyl (C=O) groups excluding carboxylic acids is 1. The van der Waals surface area contributed by atoms with Gasteiger partial charge in [0.15, 0.2) is 12.0 Å². The van der Waals surface area contributed by atoms with Gasteiger partial charge in [-0.1, -0.05) is 23.8 Å². The molecule has 0 aliphatic heterocycles. The Balaban J connectivity index is 2.49. The Morgan fingerprint density at radius 3 is 2.53 bits per heavy atom. The van der Waals surface area contributed by atoms with Crippen LogP contribution in [0, 0.1) is 13.8 Å². The average molecular weight is 200 g/mol. The van der Waals surface area contributed by atoms with Crippen LogP contribution in [0.1, 0.15) is 21.7 Å². The van der Waals surface area contributed by atoms with E-state index in [4.69, 9.17) is 4.42 Å². The number of hydrogen-bond donors (Lipinski definition) is 0. The first-order valence-electron chi connectivity index (χ1n) is 4.83. The van der Waals surface area contributed by atoms with Crippen molar-refractivity contribution >= 4 is 6.29 Å². The molecule has 0 spiro atoms. The zero-order chi connectivity index (χ0) is 10.8. The van der Waals surface area contributed by atoms with Gasteiger partial charge < -0.3 is 4.42 Å². The van der Waals surface area contributed by atoms with Crippen LogP contribution in [0.3, 0.4) is 0 Å². The molecule has 0 aliphatic carbocycles. The van der Waals surface area contributed by atoms with Gasteiger partial charge in [-0.3, -0.25) is 4.79 Å². The van der Waals surface area contributed by atoms with Gasteiger partial charge in [0.25, 0.3) is 0 Å². The maximum atomic E-state index is 10.5. The molecule has 0 radical (unpaired) electrons. The minimum Gasteiger partial charge on any atom is -0.453 e. The highest BCUT2D eigenvalue weighted by molar-refractivity contribution is 5.73. The van der Waals surface area contributed by atoms with Crippen molar-refractivity contribution in [3.8, 4) is 11.3 Å². The van der Waals surface area contributed by atoms with Crippen LogP contribution < -0.4 is 0 Å². The van der Waals surface area contributed by atoms with Crippen LogP contribution in [0.5, 0.6) is 0 Å². The largest absolute Gasteiger partial charge is 0.453 e. The van der Waals surface area contributed by atoms with Crippen LogP contribution in [0.15, 0.2) is 34.7 Å². The lowest BCUT2D eigenvalue weighted by Gasteiger charge is -2.03. The molecule has 0 aliphatic rings. The van der Waals surface area contributed by atoms with Gasteiger partial charge in [0.2, 0.25) is 0 Å². The van der Waals surface area contributed by atoms with Crippen molar-refractivity contribution in [2.24, 2.45) is 0 Å². The number of rotatable bonds is 2. The van der Waals surface area contributed by atoms with Crippen LogP contribution >= 0.6 is 0 Å². The second-order valence-electron chi connectivity index (χ2n) is 3.64. The Bertz CT molecular complexity index is 495. The highest BCUT2D eigenvalue weighted by Crippen LogP contribution is 2.25. The third kappa shape index (κ3) is 1.84. The van der Waals surface area contributed by atoms with Gasteiger partial charge in [-0.2, -0.15) is 0 Å². The Kier molecular flexibility index (Phi) is 2.42. The molecule has 0 amide bonds. The van der Waals surface area contributed by atoms with Crippen molar-refractivity contribution in [1.82, 2.24) is 0 Å². The van der Waals surface area contributed by atoms with Crippen LogP contribution in [-0.2, 0) is 0 Å². The highest BCUT2D eigenvalue weighted by atomic mass is 16.3. The molecule has 1 heterocycles. The molecule has 1 aromatic heterocycles. The molecule has 1 aromatic carbocycles. The third-order valence-corrected chi connectivity index (χ3v) is 2.39. The average Bonchev–Trinajstić information content (AvgIpc) is 2.66. The van der Waals surface area contributed by atoms with Crippen molar-refractivity contribution in [3.63, 3.8) is 0 Å². The normalized spacial score (nSPS) is 10.3. The van der Waals surface area contributed by atoms with Crippen molar-refractivity contribution < 1.29 is 9.21 Å². The van der Waals surface area contributed by atoms with Crippen LogP contribution in [0.2, 0.25) is 0 Å². The van der Waals surface area contributed by atoms with E-state index in [9.17, 15) is 4.79 Å². The first kappa shape index (κ1) is 9.71. The van der Waals surface area contributed by atoms with E-state index in [1.54, 1.807) is 6.07 Å². The molecule has 0 unspecified atom stereocenters. The number of furan rings is 1. The lowest BCUT2D eigenvalue weighted by atomic mass is 10.0. The van der Waals surface area contributed by atoms with Gasteiger partial charge in [-0.25, -0.2) is 0 Å². The molecule has 15 heavy (non-hydrogen) atoms. The SMILES string of the molecule is Cc1ccc(-c2ccc(C=O)o2)c(C)c1. The maximum Gasteiger partial charge on any atom is 0.185 e. The van der Waals surface area contributed by atoms with E-state index in [0.29, 0.717) is 12.0 Å². The smallest absolute Gasteiger partial charge is 0.185 e. The molecule has 0 fully saturated rings. The first-order chi connectivity index (χ1) is 7.20.